The van der Waals surface area contributed by atoms with Gasteiger partial charge in [-0.2, -0.15) is 0 Å². The van der Waals surface area contributed by atoms with Crippen molar-refractivity contribution in [2.45, 2.75) is 32.9 Å². The van der Waals surface area contributed by atoms with Gasteiger partial charge in [0.15, 0.2) is 0 Å². The van der Waals surface area contributed by atoms with E-state index in [1.807, 2.05) is 24.4 Å². The molecule has 0 aliphatic rings. The van der Waals surface area contributed by atoms with Crippen molar-refractivity contribution in [1.82, 2.24) is 20.3 Å². The zero-order valence-electron chi connectivity index (χ0n) is 11.1. The molecule has 0 saturated carbocycles. The highest BCUT2D eigenvalue weighted by Crippen LogP contribution is 2.24. The van der Waals surface area contributed by atoms with Crippen LogP contribution in [0.1, 0.15) is 26.5 Å². The molecule has 1 aromatic heterocycles. The molecule has 0 aliphatic heterocycles. The van der Waals surface area contributed by atoms with Crippen LogP contribution in [0.4, 0.5) is 0 Å². The Bertz CT molecular complexity index is 574. The van der Waals surface area contributed by atoms with Crippen LogP contribution in [0.25, 0.3) is 5.69 Å². The largest absolute Gasteiger partial charge is 0.306 e. The van der Waals surface area contributed by atoms with Crippen molar-refractivity contribution in [3.63, 3.8) is 0 Å². The van der Waals surface area contributed by atoms with Gasteiger partial charge in [0.2, 0.25) is 0 Å². The van der Waals surface area contributed by atoms with Gasteiger partial charge in [0.05, 0.1) is 17.6 Å². The van der Waals surface area contributed by atoms with E-state index < -0.39 is 0 Å². The summed E-state index contributed by atoms with van der Waals surface area (Å²) in [7, 11) is 0. The SMILES string of the molecule is CC(C)(C)NCc1cn(-c2cc(Cl)ccc2Br)nn1. The Kier molecular flexibility index (Phi) is 4.28. The average molecular weight is 344 g/mol. The Morgan fingerprint density at radius 2 is 2.11 bits per heavy atom. The third-order valence-corrected chi connectivity index (χ3v) is 3.40. The minimum atomic E-state index is 0.0560. The molecule has 0 atom stereocenters. The second-order valence-electron chi connectivity index (χ2n) is 5.35. The van der Waals surface area contributed by atoms with Crippen molar-refractivity contribution in [3.8, 4) is 5.69 Å². The van der Waals surface area contributed by atoms with E-state index in [-0.39, 0.29) is 5.54 Å². The molecule has 19 heavy (non-hydrogen) atoms. The number of benzene rings is 1. The first kappa shape index (κ1) is 14.5. The van der Waals surface area contributed by atoms with Crippen molar-refractivity contribution in [3.05, 3.63) is 39.6 Å². The summed E-state index contributed by atoms with van der Waals surface area (Å²) in [4.78, 5) is 0. The standard InChI is InChI=1S/C13H16BrClN4/c1-13(2,3)16-7-10-8-19(18-17-10)12-6-9(15)4-5-11(12)14/h4-6,8,16H,7H2,1-3H3. The lowest BCUT2D eigenvalue weighted by Gasteiger charge is -2.19. The van der Waals surface area contributed by atoms with Crippen molar-refractivity contribution in [1.29, 1.82) is 0 Å². The van der Waals surface area contributed by atoms with Crippen LogP contribution in [-0.2, 0) is 6.54 Å². The minimum absolute atomic E-state index is 0.0560. The van der Waals surface area contributed by atoms with Crippen LogP contribution >= 0.6 is 27.5 Å². The molecule has 1 heterocycles. The topological polar surface area (TPSA) is 42.7 Å². The molecule has 0 spiro atoms. The second-order valence-corrected chi connectivity index (χ2v) is 6.64. The zero-order valence-corrected chi connectivity index (χ0v) is 13.5. The highest BCUT2D eigenvalue weighted by atomic mass is 79.9. The zero-order chi connectivity index (χ0) is 14.0. The summed E-state index contributed by atoms with van der Waals surface area (Å²) < 4.78 is 2.65. The van der Waals surface area contributed by atoms with Crippen molar-refractivity contribution in [2.75, 3.05) is 0 Å². The van der Waals surface area contributed by atoms with Crippen LogP contribution in [0.3, 0.4) is 0 Å². The number of hydrogen-bond acceptors (Lipinski definition) is 3. The van der Waals surface area contributed by atoms with Gasteiger partial charge in [0.1, 0.15) is 0 Å². The van der Waals surface area contributed by atoms with E-state index in [2.05, 4.69) is 52.3 Å². The van der Waals surface area contributed by atoms with Gasteiger partial charge in [0, 0.05) is 21.6 Å². The maximum absolute atomic E-state index is 6.00. The highest BCUT2D eigenvalue weighted by Gasteiger charge is 2.11. The molecule has 0 unspecified atom stereocenters. The number of nitrogens with one attached hydrogen (secondary N) is 1. The van der Waals surface area contributed by atoms with Crippen LogP contribution in [0.15, 0.2) is 28.9 Å². The second kappa shape index (κ2) is 5.61. The third kappa shape index (κ3) is 4.03. The maximum atomic E-state index is 6.00. The molecule has 1 N–H and O–H groups in total. The summed E-state index contributed by atoms with van der Waals surface area (Å²) >= 11 is 9.48. The van der Waals surface area contributed by atoms with Crippen LogP contribution in [-0.4, -0.2) is 20.5 Å². The van der Waals surface area contributed by atoms with Gasteiger partial charge < -0.3 is 5.32 Å². The predicted octanol–water partition coefficient (Wildman–Crippen LogP) is 3.57. The average Bonchev–Trinajstić information content (AvgIpc) is 2.77. The van der Waals surface area contributed by atoms with Crippen LogP contribution in [0.2, 0.25) is 5.02 Å². The van der Waals surface area contributed by atoms with Gasteiger partial charge >= 0.3 is 0 Å². The van der Waals surface area contributed by atoms with Crippen molar-refractivity contribution < 1.29 is 0 Å². The Hall–Kier alpha value is -0.910. The fourth-order valence-corrected chi connectivity index (χ4v) is 2.11. The fraction of sp³-hybridized carbons (Fsp3) is 0.385. The number of hydrogen-bond donors (Lipinski definition) is 1. The summed E-state index contributed by atoms with van der Waals surface area (Å²) in [6.07, 6.45) is 1.90. The number of nitrogens with zero attached hydrogens (tertiary/aromatic N) is 3. The minimum Gasteiger partial charge on any atom is -0.306 e. The molecule has 0 bridgehead atoms. The Labute approximate surface area is 126 Å². The number of halogens is 2. The van der Waals surface area contributed by atoms with Gasteiger partial charge in [-0.3, -0.25) is 0 Å². The highest BCUT2D eigenvalue weighted by molar-refractivity contribution is 9.10. The van der Waals surface area contributed by atoms with Crippen LogP contribution < -0.4 is 5.32 Å². The molecule has 0 aliphatic carbocycles. The maximum Gasteiger partial charge on any atom is 0.0969 e. The Balaban J connectivity index is 2.19. The number of aromatic nitrogens is 3. The molecular weight excluding hydrogens is 328 g/mol. The molecule has 6 heteroatoms. The van der Waals surface area contributed by atoms with E-state index in [1.54, 1.807) is 4.68 Å². The molecular formula is C13H16BrClN4. The first-order valence-corrected chi connectivity index (χ1v) is 7.14. The summed E-state index contributed by atoms with van der Waals surface area (Å²) in [6, 6.07) is 5.57. The van der Waals surface area contributed by atoms with Crippen molar-refractivity contribution in [2.24, 2.45) is 0 Å². The molecule has 0 saturated heterocycles. The molecule has 0 radical (unpaired) electrons. The molecule has 102 valence electrons. The lowest BCUT2D eigenvalue weighted by Crippen LogP contribution is -2.35. The summed E-state index contributed by atoms with van der Waals surface area (Å²) in [5.74, 6) is 0. The molecule has 4 nitrogen and oxygen atoms in total. The summed E-state index contributed by atoms with van der Waals surface area (Å²) in [6.45, 7) is 7.03. The Morgan fingerprint density at radius 1 is 1.37 bits per heavy atom. The van der Waals surface area contributed by atoms with Gasteiger partial charge in [-0.1, -0.05) is 16.8 Å². The van der Waals surface area contributed by atoms with Crippen LogP contribution in [0.5, 0.6) is 0 Å². The van der Waals surface area contributed by atoms with Gasteiger partial charge in [-0.15, -0.1) is 5.10 Å². The van der Waals surface area contributed by atoms with E-state index in [0.29, 0.717) is 11.6 Å². The first-order valence-electron chi connectivity index (χ1n) is 5.97. The fourth-order valence-electron chi connectivity index (χ4n) is 1.51. The van der Waals surface area contributed by atoms with E-state index in [4.69, 9.17) is 11.6 Å². The van der Waals surface area contributed by atoms with Gasteiger partial charge in [-0.05, 0) is 54.9 Å². The van der Waals surface area contributed by atoms with E-state index in [1.165, 1.54) is 0 Å². The number of rotatable bonds is 3. The molecule has 0 amide bonds. The van der Waals surface area contributed by atoms with E-state index >= 15 is 0 Å². The molecule has 2 aromatic rings. The van der Waals surface area contributed by atoms with E-state index in [0.717, 1.165) is 15.9 Å². The normalized spacial score (nSPS) is 11.8. The lowest BCUT2D eigenvalue weighted by molar-refractivity contribution is 0.421. The van der Waals surface area contributed by atoms with Crippen LogP contribution in [0, 0.1) is 0 Å². The third-order valence-electron chi connectivity index (χ3n) is 2.50. The first-order chi connectivity index (χ1) is 8.85. The Morgan fingerprint density at radius 3 is 2.79 bits per heavy atom. The predicted molar refractivity (Wildman–Crippen MR) is 80.7 cm³/mol. The van der Waals surface area contributed by atoms with Gasteiger partial charge in [0.25, 0.3) is 0 Å². The quantitative estimate of drug-likeness (QED) is 0.926. The van der Waals surface area contributed by atoms with Crippen molar-refractivity contribution >= 4 is 27.5 Å². The molecule has 1 aromatic carbocycles. The monoisotopic (exact) mass is 342 g/mol. The smallest absolute Gasteiger partial charge is 0.0969 e. The lowest BCUT2D eigenvalue weighted by atomic mass is 10.1. The van der Waals surface area contributed by atoms with E-state index in [9.17, 15) is 0 Å². The summed E-state index contributed by atoms with van der Waals surface area (Å²) in [5.41, 5.74) is 1.82. The van der Waals surface area contributed by atoms with Gasteiger partial charge in [-0.25, -0.2) is 4.68 Å². The molecule has 2 rings (SSSR count). The molecule has 0 fully saturated rings. The summed E-state index contributed by atoms with van der Waals surface area (Å²) in [5, 5.41) is 12.3.